The Balaban J connectivity index is 2.30. The van der Waals surface area contributed by atoms with E-state index in [0.29, 0.717) is 11.1 Å². The Morgan fingerprint density at radius 3 is 2.29 bits per heavy atom. The molecule has 2 aromatic carbocycles. The highest BCUT2D eigenvalue weighted by molar-refractivity contribution is 9.10. The Labute approximate surface area is 109 Å². The molecule has 0 radical (unpaired) electrons. The predicted molar refractivity (Wildman–Crippen MR) is 72.4 cm³/mol. The lowest BCUT2D eigenvalue weighted by atomic mass is 10.1. The van der Waals surface area contributed by atoms with Gasteiger partial charge in [0.05, 0.1) is 11.1 Å². The van der Waals surface area contributed by atoms with E-state index in [4.69, 9.17) is 4.74 Å². The number of hydrogen-bond acceptors (Lipinski definition) is 2. The molecule has 17 heavy (non-hydrogen) atoms. The van der Waals surface area contributed by atoms with Crippen molar-refractivity contribution in [1.29, 1.82) is 0 Å². The molecular weight excluding hydrogens is 280 g/mol. The molecule has 0 bridgehead atoms. The Kier molecular flexibility index (Phi) is 3.69. The van der Waals surface area contributed by atoms with Gasteiger partial charge in [-0.2, -0.15) is 0 Å². The van der Waals surface area contributed by atoms with E-state index in [1.165, 1.54) is 0 Å². The summed E-state index contributed by atoms with van der Waals surface area (Å²) < 4.78 is 6.08. The highest BCUT2D eigenvalue weighted by Gasteiger charge is 2.02. The summed E-state index contributed by atoms with van der Waals surface area (Å²) in [6.45, 7) is 2.62. The molecule has 0 aliphatic carbocycles. The van der Waals surface area contributed by atoms with E-state index in [1.54, 1.807) is 6.07 Å². The Morgan fingerprint density at radius 1 is 1.06 bits per heavy atom. The van der Waals surface area contributed by atoms with E-state index in [9.17, 15) is 5.11 Å². The number of ether oxygens (including phenoxy) is 1. The molecular formula is C14H13BrO2. The topological polar surface area (TPSA) is 29.5 Å². The molecule has 2 rings (SSSR count). The van der Waals surface area contributed by atoms with Gasteiger partial charge in [0.1, 0.15) is 11.5 Å². The molecule has 0 heterocycles. The van der Waals surface area contributed by atoms with Gasteiger partial charge in [-0.1, -0.05) is 18.2 Å². The fraction of sp³-hybridized carbons (Fsp3) is 0.143. The standard InChI is InChI=1S/C14H13BrO2/c1-2-17-12-6-3-10(4-7-12)11-5-8-13(15)14(16)9-11/h3-9,16H,2H2,1H3. The van der Waals surface area contributed by atoms with Crippen molar-refractivity contribution in [1.82, 2.24) is 0 Å². The van der Waals surface area contributed by atoms with Crippen LogP contribution in [0.1, 0.15) is 6.92 Å². The number of rotatable bonds is 3. The molecule has 0 aliphatic heterocycles. The van der Waals surface area contributed by atoms with E-state index >= 15 is 0 Å². The molecule has 2 aromatic rings. The van der Waals surface area contributed by atoms with Crippen molar-refractivity contribution in [3.63, 3.8) is 0 Å². The molecule has 0 aromatic heterocycles. The lowest BCUT2D eigenvalue weighted by Gasteiger charge is -2.06. The molecule has 1 N–H and O–H groups in total. The number of benzene rings is 2. The fourth-order valence-corrected chi connectivity index (χ4v) is 1.85. The number of hydrogen-bond donors (Lipinski definition) is 1. The minimum absolute atomic E-state index is 0.247. The van der Waals surface area contributed by atoms with E-state index < -0.39 is 0 Å². The van der Waals surface area contributed by atoms with Crippen LogP contribution in [0.2, 0.25) is 0 Å². The van der Waals surface area contributed by atoms with Crippen LogP contribution in [0, 0.1) is 0 Å². The highest BCUT2D eigenvalue weighted by Crippen LogP contribution is 2.30. The number of aromatic hydroxyl groups is 1. The molecule has 0 saturated carbocycles. The van der Waals surface area contributed by atoms with E-state index in [2.05, 4.69) is 15.9 Å². The zero-order valence-corrected chi connectivity index (χ0v) is 11.1. The lowest BCUT2D eigenvalue weighted by Crippen LogP contribution is -1.90. The summed E-state index contributed by atoms with van der Waals surface area (Å²) in [7, 11) is 0. The number of phenolic OH excluding ortho intramolecular Hbond substituents is 1. The van der Waals surface area contributed by atoms with Crippen LogP contribution < -0.4 is 4.74 Å². The summed E-state index contributed by atoms with van der Waals surface area (Å²) >= 11 is 3.26. The molecule has 0 atom stereocenters. The van der Waals surface area contributed by atoms with Crippen LogP contribution in [0.5, 0.6) is 11.5 Å². The molecule has 2 nitrogen and oxygen atoms in total. The summed E-state index contributed by atoms with van der Waals surface area (Å²) in [6.07, 6.45) is 0. The van der Waals surface area contributed by atoms with Gasteiger partial charge in [-0.3, -0.25) is 0 Å². The number of phenols is 1. The molecule has 0 spiro atoms. The maximum atomic E-state index is 9.63. The van der Waals surface area contributed by atoms with Crippen molar-refractivity contribution in [3.05, 3.63) is 46.9 Å². The Morgan fingerprint density at radius 2 is 1.71 bits per heavy atom. The largest absolute Gasteiger partial charge is 0.507 e. The second-order valence-electron chi connectivity index (χ2n) is 3.62. The third-order valence-electron chi connectivity index (χ3n) is 2.44. The molecule has 3 heteroatoms. The van der Waals surface area contributed by atoms with Crippen LogP contribution in [0.15, 0.2) is 46.9 Å². The minimum Gasteiger partial charge on any atom is -0.507 e. The SMILES string of the molecule is CCOc1ccc(-c2ccc(Br)c(O)c2)cc1. The van der Waals surface area contributed by atoms with Crippen molar-refractivity contribution in [2.75, 3.05) is 6.61 Å². The van der Waals surface area contributed by atoms with Crippen molar-refractivity contribution in [2.45, 2.75) is 6.92 Å². The minimum atomic E-state index is 0.247. The first-order valence-electron chi connectivity index (χ1n) is 5.42. The van der Waals surface area contributed by atoms with Crippen LogP contribution in [0.25, 0.3) is 11.1 Å². The maximum Gasteiger partial charge on any atom is 0.130 e. The van der Waals surface area contributed by atoms with Crippen LogP contribution in [0.4, 0.5) is 0 Å². The average Bonchev–Trinajstić information content (AvgIpc) is 2.34. The summed E-state index contributed by atoms with van der Waals surface area (Å²) in [6, 6.07) is 13.3. The lowest BCUT2D eigenvalue weighted by molar-refractivity contribution is 0.340. The smallest absolute Gasteiger partial charge is 0.130 e. The van der Waals surface area contributed by atoms with E-state index in [1.807, 2.05) is 43.3 Å². The monoisotopic (exact) mass is 292 g/mol. The van der Waals surface area contributed by atoms with Gasteiger partial charge in [0, 0.05) is 0 Å². The van der Waals surface area contributed by atoms with Gasteiger partial charge in [-0.15, -0.1) is 0 Å². The van der Waals surface area contributed by atoms with Crippen molar-refractivity contribution >= 4 is 15.9 Å². The van der Waals surface area contributed by atoms with Gasteiger partial charge in [0.15, 0.2) is 0 Å². The Hall–Kier alpha value is -1.48. The zero-order chi connectivity index (χ0) is 12.3. The zero-order valence-electron chi connectivity index (χ0n) is 9.48. The van der Waals surface area contributed by atoms with Gasteiger partial charge in [-0.25, -0.2) is 0 Å². The summed E-state index contributed by atoms with van der Waals surface area (Å²) in [5.41, 5.74) is 2.03. The van der Waals surface area contributed by atoms with E-state index in [0.717, 1.165) is 16.9 Å². The van der Waals surface area contributed by atoms with Crippen LogP contribution >= 0.6 is 15.9 Å². The van der Waals surface area contributed by atoms with Crippen LogP contribution in [-0.2, 0) is 0 Å². The number of halogens is 1. The summed E-state index contributed by atoms with van der Waals surface area (Å²) in [5.74, 6) is 1.11. The van der Waals surface area contributed by atoms with Crippen LogP contribution in [0.3, 0.4) is 0 Å². The van der Waals surface area contributed by atoms with Gasteiger partial charge in [-0.05, 0) is 58.2 Å². The molecule has 0 amide bonds. The highest BCUT2D eigenvalue weighted by atomic mass is 79.9. The van der Waals surface area contributed by atoms with Crippen molar-refractivity contribution < 1.29 is 9.84 Å². The third-order valence-corrected chi connectivity index (χ3v) is 3.12. The average molecular weight is 293 g/mol. The Bertz CT molecular complexity index is 506. The van der Waals surface area contributed by atoms with Crippen LogP contribution in [-0.4, -0.2) is 11.7 Å². The summed E-state index contributed by atoms with van der Waals surface area (Å²) in [4.78, 5) is 0. The fourth-order valence-electron chi connectivity index (χ4n) is 1.60. The molecule has 0 fully saturated rings. The van der Waals surface area contributed by atoms with Gasteiger partial charge < -0.3 is 9.84 Å². The first-order chi connectivity index (χ1) is 8.20. The van der Waals surface area contributed by atoms with Crippen molar-refractivity contribution in [3.8, 4) is 22.6 Å². The van der Waals surface area contributed by atoms with Crippen molar-refractivity contribution in [2.24, 2.45) is 0 Å². The van der Waals surface area contributed by atoms with Gasteiger partial charge in [0.25, 0.3) is 0 Å². The first kappa shape index (κ1) is 12.0. The van der Waals surface area contributed by atoms with Gasteiger partial charge >= 0.3 is 0 Å². The van der Waals surface area contributed by atoms with E-state index in [-0.39, 0.29) is 5.75 Å². The molecule has 0 saturated heterocycles. The second-order valence-corrected chi connectivity index (χ2v) is 4.48. The van der Waals surface area contributed by atoms with Gasteiger partial charge in [0.2, 0.25) is 0 Å². The molecule has 88 valence electrons. The molecule has 0 unspecified atom stereocenters. The maximum absolute atomic E-state index is 9.63. The normalized spacial score (nSPS) is 10.2. The predicted octanol–water partition coefficient (Wildman–Crippen LogP) is 4.22. The second kappa shape index (κ2) is 5.23. The first-order valence-corrected chi connectivity index (χ1v) is 6.21. The quantitative estimate of drug-likeness (QED) is 0.918. The molecule has 0 aliphatic rings. The third kappa shape index (κ3) is 2.80. The summed E-state index contributed by atoms with van der Waals surface area (Å²) in [5, 5.41) is 9.63.